The van der Waals surface area contributed by atoms with Crippen LogP contribution in [0, 0.1) is 6.92 Å². The van der Waals surface area contributed by atoms with Gasteiger partial charge in [-0.2, -0.15) is 5.10 Å². The highest BCUT2D eigenvalue weighted by atomic mass is 16.5. The molecule has 1 amide bonds. The summed E-state index contributed by atoms with van der Waals surface area (Å²) in [5, 5.41) is 7.49. The molecule has 0 bridgehead atoms. The number of methoxy groups -OCH3 is 1. The van der Waals surface area contributed by atoms with Gasteiger partial charge in [0.05, 0.1) is 31.7 Å². The van der Waals surface area contributed by atoms with Gasteiger partial charge < -0.3 is 14.1 Å². The smallest absolute Gasteiger partial charge is 0.273 e. The predicted molar refractivity (Wildman–Crippen MR) is 112 cm³/mol. The van der Waals surface area contributed by atoms with Crippen molar-refractivity contribution in [3.05, 3.63) is 95.1 Å². The van der Waals surface area contributed by atoms with Crippen LogP contribution in [0.5, 0.6) is 5.75 Å². The number of H-pyrrole nitrogens is 1. The van der Waals surface area contributed by atoms with E-state index in [4.69, 9.17) is 9.15 Å². The van der Waals surface area contributed by atoms with Crippen LogP contribution in [-0.4, -0.2) is 28.1 Å². The summed E-state index contributed by atoms with van der Waals surface area (Å²) in [4.78, 5) is 15.1. The number of aromatic amines is 1. The first-order valence-corrected chi connectivity index (χ1v) is 9.78. The molecule has 1 N–H and O–H groups in total. The van der Waals surface area contributed by atoms with Crippen LogP contribution >= 0.6 is 0 Å². The zero-order valence-electron chi connectivity index (χ0n) is 16.8. The fourth-order valence-electron chi connectivity index (χ4n) is 3.99. The molecule has 6 heteroatoms. The number of benzene rings is 2. The highest BCUT2D eigenvalue weighted by Crippen LogP contribution is 2.43. The fourth-order valence-corrected chi connectivity index (χ4v) is 3.99. The molecule has 0 spiro atoms. The van der Waals surface area contributed by atoms with E-state index in [1.807, 2.05) is 60.4 Å². The van der Waals surface area contributed by atoms with E-state index >= 15 is 0 Å². The number of rotatable bonds is 5. The van der Waals surface area contributed by atoms with Gasteiger partial charge in [-0.15, -0.1) is 0 Å². The minimum Gasteiger partial charge on any atom is -0.497 e. The molecule has 1 atom stereocenters. The Labute approximate surface area is 174 Å². The first kappa shape index (κ1) is 18.2. The first-order chi connectivity index (χ1) is 14.7. The first-order valence-electron chi connectivity index (χ1n) is 9.78. The average Bonchev–Trinajstić information content (AvgIpc) is 3.49. The molecule has 150 valence electrons. The summed E-state index contributed by atoms with van der Waals surface area (Å²) in [6.07, 6.45) is 1.62. The molecule has 4 aromatic rings. The molecule has 0 saturated carbocycles. The third-order valence-electron chi connectivity index (χ3n) is 5.53. The summed E-state index contributed by atoms with van der Waals surface area (Å²) in [6.45, 7) is 2.42. The van der Waals surface area contributed by atoms with Gasteiger partial charge in [-0.3, -0.25) is 9.89 Å². The predicted octanol–water partition coefficient (Wildman–Crippen LogP) is 4.73. The minimum atomic E-state index is -0.279. The number of nitrogens with one attached hydrogen (secondary N) is 1. The molecule has 2 aromatic carbocycles. The van der Waals surface area contributed by atoms with Crippen LogP contribution in [0.1, 0.15) is 39.0 Å². The van der Waals surface area contributed by atoms with Crippen molar-refractivity contribution >= 4 is 5.91 Å². The van der Waals surface area contributed by atoms with Crippen molar-refractivity contribution in [1.82, 2.24) is 15.1 Å². The van der Waals surface area contributed by atoms with E-state index in [0.717, 1.165) is 33.9 Å². The number of carbonyl (C=O) groups is 1. The van der Waals surface area contributed by atoms with Crippen molar-refractivity contribution < 1.29 is 13.9 Å². The van der Waals surface area contributed by atoms with E-state index in [1.165, 1.54) is 5.56 Å². The van der Waals surface area contributed by atoms with E-state index in [-0.39, 0.29) is 11.9 Å². The molecular formula is C24H21N3O3. The van der Waals surface area contributed by atoms with Crippen molar-refractivity contribution in [2.45, 2.75) is 19.5 Å². The topological polar surface area (TPSA) is 71.4 Å². The third-order valence-corrected chi connectivity index (χ3v) is 5.53. The zero-order valence-corrected chi connectivity index (χ0v) is 16.8. The fraction of sp³-hybridized carbons (Fsp3) is 0.167. The lowest BCUT2D eigenvalue weighted by Crippen LogP contribution is -2.28. The van der Waals surface area contributed by atoms with Crippen LogP contribution in [-0.2, 0) is 6.54 Å². The zero-order chi connectivity index (χ0) is 20.7. The van der Waals surface area contributed by atoms with Crippen LogP contribution in [0.15, 0.2) is 71.3 Å². The lowest BCUT2D eigenvalue weighted by Gasteiger charge is -2.25. The molecule has 6 nitrogen and oxygen atoms in total. The number of amides is 1. The number of furan rings is 1. The van der Waals surface area contributed by atoms with Crippen molar-refractivity contribution in [3.8, 4) is 17.0 Å². The Kier molecular flexibility index (Phi) is 4.39. The number of nitrogens with zero attached hydrogens (tertiary/aromatic N) is 2. The SMILES string of the molecule is COc1ccc(C2c3c(-c4ccc(C)cc4)n[nH]c3C(=O)N2Cc2ccco2)cc1. The average molecular weight is 399 g/mol. The summed E-state index contributed by atoms with van der Waals surface area (Å²) in [6, 6.07) is 19.4. The number of hydrogen-bond donors (Lipinski definition) is 1. The Morgan fingerprint density at radius 2 is 1.87 bits per heavy atom. The lowest BCUT2D eigenvalue weighted by molar-refractivity contribution is 0.0717. The lowest BCUT2D eigenvalue weighted by atomic mass is 9.95. The number of aryl methyl sites for hydroxylation is 1. The maximum absolute atomic E-state index is 13.3. The molecule has 30 heavy (non-hydrogen) atoms. The summed E-state index contributed by atoms with van der Waals surface area (Å²) in [5.41, 5.74) is 5.35. The van der Waals surface area contributed by atoms with Gasteiger partial charge in [-0.05, 0) is 36.8 Å². The Bertz CT molecular complexity index is 1180. The van der Waals surface area contributed by atoms with E-state index in [9.17, 15) is 4.79 Å². The van der Waals surface area contributed by atoms with Gasteiger partial charge in [0.1, 0.15) is 17.2 Å². The second-order valence-electron chi connectivity index (χ2n) is 7.42. The quantitative estimate of drug-likeness (QED) is 0.527. The van der Waals surface area contributed by atoms with Gasteiger partial charge in [0.15, 0.2) is 0 Å². The van der Waals surface area contributed by atoms with Crippen LogP contribution in [0.3, 0.4) is 0 Å². The van der Waals surface area contributed by atoms with Crippen molar-refractivity contribution in [1.29, 1.82) is 0 Å². The van der Waals surface area contributed by atoms with Gasteiger partial charge in [-0.25, -0.2) is 0 Å². The Morgan fingerprint density at radius 3 is 2.53 bits per heavy atom. The largest absolute Gasteiger partial charge is 0.497 e. The van der Waals surface area contributed by atoms with Gasteiger partial charge in [0, 0.05) is 11.1 Å². The second kappa shape index (κ2) is 7.22. The minimum absolute atomic E-state index is 0.0897. The van der Waals surface area contributed by atoms with Crippen molar-refractivity contribution in [3.63, 3.8) is 0 Å². The Balaban J connectivity index is 1.64. The number of hydrogen-bond acceptors (Lipinski definition) is 4. The standard InChI is InChI=1S/C24H21N3O3/c1-15-5-7-16(8-6-15)21-20-22(26-25-21)24(28)27(14-19-4-3-13-30-19)23(20)17-9-11-18(29-2)12-10-17/h3-13,23H,14H2,1-2H3,(H,25,26). The van der Waals surface area contributed by atoms with Crippen LogP contribution < -0.4 is 4.74 Å². The molecule has 1 aliphatic heterocycles. The van der Waals surface area contributed by atoms with E-state index in [1.54, 1.807) is 13.4 Å². The summed E-state index contributed by atoms with van der Waals surface area (Å²) in [5.74, 6) is 1.41. The summed E-state index contributed by atoms with van der Waals surface area (Å²) >= 11 is 0. The third kappa shape index (κ3) is 2.97. The molecule has 3 heterocycles. The maximum atomic E-state index is 13.3. The number of carbonyl (C=O) groups excluding carboxylic acids is 1. The number of fused-ring (bicyclic) bond motifs is 1. The molecule has 5 rings (SSSR count). The molecule has 1 aliphatic rings. The van der Waals surface area contributed by atoms with E-state index in [2.05, 4.69) is 22.3 Å². The van der Waals surface area contributed by atoms with Gasteiger partial charge in [0.2, 0.25) is 0 Å². The second-order valence-corrected chi connectivity index (χ2v) is 7.42. The Hall–Kier alpha value is -3.80. The highest BCUT2D eigenvalue weighted by molar-refractivity contribution is 6.00. The van der Waals surface area contributed by atoms with Crippen molar-refractivity contribution in [2.75, 3.05) is 7.11 Å². The van der Waals surface area contributed by atoms with Crippen LogP contribution in [0.2, 0.25) is 0 Å². The molecule has 0 fully saturated rings. The molecule has 1 unspecified atom stereocenters. The Morgan fingerprint density at radius 1 is 1.10 bits per heavy atom. The monoisotopic (exact) mass is 399 g/mol. The molecular weight excluding hydrogens is 378 g/mol. The van der Waals surface area contributed by atoms with Gasteiger partial charge >= 0.3 is 0 Å². The van der Waals surface area contributed by atoms with E-state index in [0.29, 0.717) is 12.2 Å². The normalized spacial score (nSPS) is 15.5. The molecule has 0 radical (unpaired) electrons. The molecule has 0 aliphatic carbocycles. The maximum Gasteiger partial charge on any atom is 0.273 e. The highest BCUT2D eigenvalue weighted by Gasteiger charge is 2.42. The van der Waals surface area contributed by atoms with Crippen molar-refractivity contribution in [2.24, 2.45) is 0 Å². The van der Waals surface area contributed by atoms with Gasteiger partial charge in [-0.1, -0.05) is 42.0 Å². The number of aromatic nitrogens is 2. The van der Waals surface area contributed by atoms with Crippen LogP contribution in [0.4, 0.5) is 0 Å². The van der Waals surface area contributed by atoms with E-state index < -0.39 is 0 Å². The van der Waals surface area contributed by atoms with Crippen LogP contribution in [0.25, 0.3) is 11.3 Å². The molecule has 2 aromatic heterocycles. The number of ether oxygens (including phenoxy) is 1. The summed E-state index contributed by atoms with van der Waals surface area (Å²) < 4.78 is 10.8. The molecule has 0 saturated heterocycles. The summed E-state index contributed by atoms with van der Waals surface area (Å²) in [7, 11) is 1.64. The van der Waals surface area contributed by atoms with Gasteiger partial charge in [0.25, 0.3) is 5.91 Å².